The molecule has 2 atom stereocenters. The highest BCUT2D eigenvalue weighted by atomic mass is 15.4. The van der Waals surface area contributed by atoms with Gasteiger partial charge < -0.3 is 15.5 Å². The smallest absolute Gasteiger partial charge is 0.227 e. The summed E-state index contributed by atoms with van der Waals surface area (Å²) in [5.41, 5.74) is 2.02. The lowest BCUT2D eigenvalue weighted by molar-refractivity contribution is 0.258. The number of piperidine rings is 1. The first-order valence-electron chi connectivity index (χ1n) is 7.89. The maximum absolute atomic E-state index is 4.69. The molecule has 1 aromatic carbocycles. The molecule has 7 heteroatoms. The van der Waals surface area contributed by atoms with Crippen LogP contribution in [0.1, 0.15) is 6.42 Å². The standard InChI is InChI=1S/C16H17N7/c1-2-14-10(7-19-22-14)5-11(1)20-15-3-4-18-16(21-15)23-12-6-13(23)9-17-8-12/h1-5,7,12-13,17H,6,8-9H2,(H,19,22)(H,18,20,21). The molecule has 7 nitrogen and oxygen atoms in total. The number of benzene rings is 1. The number of H-pyrrole nitrogens is 1. The van der Waals surface area contributed by atoms with Crippen LogP contribution in [0.4, 0.5) is 17.5 Å². The number of aromatic amines is 1. The molecule has 2 aromatic heterocycles. The molecule has 2 aliphatic heterocycles. The van der Waals surface area contributed by atoms with Crippen molar-refractivity contribution in [3.8, 4) is 0 Å². The lowest BCUT2D eigenvalue weighted by Crippen LogP contribution is -2.68. The van der Waals surface area contributed by atoms with Crippen LogP contribution in [-0.4, -0.2) is 45.3 Å². The van der Waals surface area contributed by atoms with Crippen molar-refractivity contribution in [2.75, 3.05) is 23.3 Å². The second kappa shape index (κ2) is 4.92. The lowest BCUT2D eigenvalue weighted by atomic mass is 9.89. The zero-order chi connectivity index (χ0) is 15.2. The molecule has 0 saturated carbocycles. The molecule has 2 bridgehead atoms. The van der Waals surface area contributed by atoms with Crippen molar-refractivity contribution in [3.05, 3.63) is 36.7 Å². The molecule has 116 valence electrons. The van der Waals surface area contributed by atoms with Crippen molar-refractivity contribution in [2.24, 2.45) is 0 Å². The van der Waals surface area contributed by atoms with Crippen LogP contribution < -0.4 is 15.5 Å². The van der Waals surface area contributed by atoms with Gasteiger partial charge in [0.05, 0.1) is 11.7 Å². The van der Waals surface area contributed by atoms with Crippen LogP contribution >= 0.6 is 0 Å². The Hall–Kier alpha value is -2.67. The number of anilines is 3. The topological polar surface area (TPSA) is 81.8 Å². The molecule has 0 aliphatic carbocycles. The van der Waals surface area contributed by atoms with Gasteiger partial charge in [0.1, 0.15) is 5.82 Å². The summed E-state index contributed by atoms with van der Waals surface area (Å²) in [5, 5.41) is 14.9. The molecule has 0 spiro atoms. The van der Waals surface area contributed by atoms with Crippen LogP contribution in [0.25, 0.3) is 10.9 Å². The Morgan fingerprint density at radius 3 is 2.96 bits per heavy atom. The summed E-state index contributed by atoms with van der Waals surface area (Å²) in [5.74, 6) is 1.64. The Bertz CT molecular complexity index is 844. The number of nitrogens with zero attached hydrogens (tertiary/aromatic N) is 4. The first-order chi connectivity index (χ1) is 11.4. The van der Waals surface area contributed by atoms with E-state index < -0.39 is 0 Å². The van der Waals surface area contributed by atoms with E-state index in [1.54, 1.807) is 0 Å². The second-order valence-corrected chi connectivity index (χ2v) is 6.15. The normalized spacial score (nSPS) is 22.9. The first kappa shape index (κ1) is 12.8. The van der Waals surface area contributed by atoms with E-state index in [0.29, 0.717) is 12.1 Å². The summed E-state index contributed by atoms with van der Waals surface area (Å²) < 4.78 is 0. The Labute approximate surface area is 133 Å². The van der Waals surface area contributed by atoms with Crippen LogP contribution in [0.2, 0.25) is 0 Å². The van der Waals surface area contributed by atoms with Crippen LogP contribution in [0.3, 0.4) is 0 Å². The monoisotopic (exact) mass is 307 g/mol. The summed E-state index contributed by atoms with van der Waals surface area (Å²) >= 11 is 0. The predicted octanol–water partition coefficient (Wildman–Crippen LogP) is 1.65. The number of hydrogen-bond acceptors (Lipinski definition) is 6. The van der Waals surface area contributed by atoms with Crippen molar-refractivity contribution in [1.82, 2.24) is 25.5 Å². The van der Waals surface area contributed by atoms with E-state index in [-0.39, 0.29) is 0 Å². The molecule has 3 aromatic rings. The average molecular weight is 307 g/mol. The van der Waals surface area contributed by atoms with Crippen LogP contribution in [-0.2, 0) is 0 Å². The SMILES string of the molecule is c1cc(Nc2ccc3[nH]ncc3c2)nc(N2C3CNCC2C3)n1. The van der Waals surface area contributed by atoms with Crippen LogP contribution in [0, 0.1) is 0 Å². The fourth-order valence-electron chi connectivity index (χ4n) is 3.52. The second-order valence-electron chi connectivity index (χ2n) is 6.15. The van der Waals surface area contributed by atoms with Gasteiger partial charge >= 0.3 is 0 Å². The molecule has 3 N–H and O–H groups in total. The lowest BCUT2D eigenvalue weighted by Gasteiger charge is -2.53. The van der Waals surface area contributed by atoms with Gasteiger partial charge in [-0.15, -0.1) is 0 Å². The Kier molecular flexibility index (Phi) is 2.75. The third-order valence-electron chi connectivity index (χ3n) is 4.68. The largest absolute Gasteiger partial charge is 0.340 e. The van der Waals surface area contributed by atoms with Gasteiger partial charge in [0, 0.05) is 42.4 Å². The minimum absolute atomic E-state index is 0.534. The third kappa shape index (κ3) is 2.12. The number of rotatable bonds is 3. The van der Waals surface area contributed by atoms with Crippen molar-refractivity contribution < 1.29 is 0 Å². The van der Waals surface area contributed by atoms with E-state index in [1.165, 1.54) is 6.42 Å². The van der Waals surface area contributed by atoms with Crippen molar-refractivity contribution >= 4 is 28.4 Å². The summed E-state index contributed by atoms with van der Waals surface area (Å²) in [7, 11) is 0. The van der Waals surface area contributed by atoms with Crippen molar-refractivity contribution in [2.45, 2.75) is 18.5 Å². The molecule has 4 heterocycles. The highest BCUT2D eigenvalue weighted by molar-refractivity contribution is 5.82. The van der Waals surface area contributed by atoms with Crippen LogP contribution in [0.5, 0.6) is 0 Å². The van der Waals surface area contributed by atoms with E-state index >= 15 is 0 Å². The van der Waals surface area contributed by atoms with Gasteiger partial charge in [0.2, 0.25) is 5.95 Å². The number of hydrogen-bond donors (Lipinski definition) is 3. The summed E-state index contributed by atoms with van der Waals surface area (Å²) in [6.07, 6.45) is 4.88. The molecule has 2 unspecified atom stereocenters. The molecule has 2 fully saturated rings. The number of aromatic nitrogens is 4. The molecule has 2 aliphatic rings. The maximum Gasteiger partial charge on any atom is 0.227 e. The fourth-order valence-corrected chi connectivity index (χ4v) is 3.52. The van der Waals surface area contributed by atoms with Gasteiger partial charge in [-0.1, -0.05) is 0 Å². The van der Waals surface area contributed by atoms with E-state index in [2.05, 4.69) is 36.8 Å². The van der Waals surface area contributed by atoms with Gasteiger partial charge in [0.25, 0.3) is 0 Å². The average Bonchev–Trinajstić information content (AvgIpc) is 3.03. The van der Waals surface area contributed by atoms with E-state index in [0.717, 1.165) is 41.4 Å². The first-order valence-corrected chi connectivity index (χ1v) is 7.89. The van der Waals surface area contributed by atoms with E-state index in [1.807, 2.05) is 30.6 Å². The zero-order valence-corrected chi connectivity index (χ0v) is 12.5. The number of fused-ring (bicyclic) bond motifs is 3. The van der Waals surface area contributed by atoms with Gasteiger partial charge in [-0.2, -0.15) is 10.1 Å². The fraction of sp³-hybridized carbons (Fsp3) is 0.312. The zero-order valence-electron chi connectivity index (χ0n) is 12.5. The molecule has 2 saturated heterocycles. The maximum atomic E-state index is 4.69. The third-order valence-corrected chi connectivity index (χ3v) is 4.68. The Morgan fingerprint density at radius 2 is 2.09 bits per heavy atom. The quantitative estimate of drug-likeness (QED) is 0.682. The summed E-state index contributed by atoms with van der Waals surface area (Å²) in [6.45, 7) is 2.04. The van der Waals surface area contributed by atoms with Gasteiger partial charge in [-0.3, -0.25) is 5.10 Å². The Balaban J connectivity index is 1.41. The van der Waals surface area contributed by atoms with Crippen LogP contribution in [0.15, 0.2) is 36.7 Å². The van der Waals surface area contributed by atoms with E-state index in [9.17, 15) is 0 Å². The van der Waals surface area contributed by atoms with Crippen molar-refractivity contribution in [3.63, 3.8) is 0 Å². The minimum atomic E-state index is 0.534. The molecular formula is C16H17N7. The number of nitrogens with one attached hydrogen (secondary N) is 3. The highest BCUT2D eigenvalue weighted by Crippen LogP contribution is 2.32. The number of piperazine rings is 1. The highest BCUT2D eigenvalue weighted by Gasteiger charge is 2.42. The summed E-state index contributed by atoms with van der Waals surface area (Å²) in [4.78, 5) is 11.5. The van der Waals surface area contributed by atoms with Gasteiger partial charge in [-0.05, 0) is 30.7 Å². The van der Waals surface area contributed by atoms with Crippen molar-refractivity contribution in [1.29, 1.82) is 0 Å². The van der Waals surface area contributed by atoms with E-state index in [4.69, 9.17) is 4.98 Å². The molecular weight excluding hydrogens is 290 g/mol. The minimum Gasteiger partial charge on any atom is -0.340 e. The predicted molar refractivity (Wildman–Crippen MR) is 89.0 cm³/mol. The Morgan fingerprint density at radius 1 is 1.17 bits per heavy atom. The molecule has 0 amide bonds. The summed E-state index contributed by atoms with van der Waals surface area (Å²) in [6, 6.07) is 9.06. The molecule has 5 rings (SSSR count). The van der Waals surface area contributed by atoms with Gasteiger partial charge in [-0.25, -0.2) is 4.98 Å². The molecule has 0 radical (unpaired) electrons. The van der Waals surface area contributed by atoms with Gasteiger partial charge in [0.15, 0.2) is 0 Å². The molecule has 23 heavy (non-hydrogen) atoms.